The van der Waals surface area contributed by atoms with E-state index in [-0.39, 0.29) is 35.8 Å². The normalized spacial score (nSPS) is 30.4. The van der Waals surface area contributed by atoms with Gasteiger partial charge in [0.05, 0.1) is 37.2 Å². The van der Waals surface area contributed by atoms with Crippen molar-refractivity contribution in [3.8, 4) is 0 Å². The lowest BCUT2D eigenvalue weighted by Crippen LogP contribution is -2.59. The standard InChI is InChI=1S/C29H45BrN2O6/c1-6-9-11-12-15-37-28(36)22-23-26(34)32(20(18-33)16-19(4)5)25(29(23)17-21(30)24(22)38-29)27(35)31(13-8-3)14-10-7-2/h6,8,19-25,33H,1,3,7,9-18H2,2,4-5H3/t20-,21?,22-,23+,24-,25?,29?/m1/s1. The zero-order chi connectivity index (χ0) is 28.0. The van der Waals surface area contributed by atoms with Crippen molar-refractivity contribution in [1.29, 1.82) is 0 Å². The third-order valence-corrected chi connectivity index (χ3v) is 8.92. The zero-order valence-electron chi connectivity index (χ0n) is 23.1. The molecular weight excluding hydrogens is 552 g/mol. The maximum Gasteiger partial charge on any atom is 0.312 e. The van der Waals surface area contributed by atoms with Crippen LogP contribution in [0.2, 0.25) is 0 Å². The molecule has 7 atom stereocenters. The van der Waals surface area contributed by atoms with Gasteiger partial charge in [0.15, 0.2) is 0 Å². The minimum Gasteiger partial charge on any atom is -0.465 e. The fourth-order valence-electron chi connectivity index (χ4n) is 6.46. The van der Waals surface area contributed by atoms with Gasteiger partial charge in [-0.1, -0.05) is 55.3 Å². The van der Waals surface area contributed by atoms with E-state index < -0.39 is 41.6 Å². The van der Waals surface area contributed by atoms with E-state index in [0.717, 1.165) is 25.7 Å². The SMILES string of the molecule is C=CCCCCOC(=O)[C@H]1[C@@H]2OC3(CC2Br)C(C(=O)N(CC=C)CCCC)N([C@@H](CO)CC(C)C)C(=O)[C@H]13. The fourth-order valence-corrected chi connectivity index (χ4v) is 7.40. The molecule has 0 aromatic carbocycles. The number of carbonyl (C=O) groups is 3. The van der Waals surface area contributed by atoms with E-state index in [9.17, 15) is 19.5 Å². The van der Waals surface area contributed by atoms with Gasteiger partial charge in [-0.2, -0.15) is 0 Å². The predicted molar refractivity (Wildman–Crippen MR) is 150 cm³/mol. The molecule has 1 N–H and O–H groups in total. The number of hydrogen-bond donors (Lipinski definition) is 1. The van der Waals surface area contributed by atoms with Crippen molar-refractivity contribution in [1.82, 2.24) is 9.80 Å². The molecule has 38 heavy (non-hydrogen) atoms. The highest BCUT2D eigenvalue weighted by molar-refractivity contribution is 9.09. The first-order valence-electron chi connectivity index (χ1n) is 14.1. The molecule has 9 heteroatoms. The van der Waals surface area contributed by atoms with E-state index >= 15 is 0 Å². The Morgan fingerprint density at radius 1 is 1.29 bits per heavy atom. The number of hydrogen-bond acceptors (Lipinski definition) is 6. The molecule has 3 fully saturated rings. The van der Waals surface area contributed by atoms with Gasteiger partial charge in [0.25, 0.3) is 0 Å². The molecule has 0 radical (unpaired) electrons. The molecule has 3 unspecified atom stereocenters. The molecule has 8 nitrogen and oxygen atoms in total. The Balaban J connectivity index is 2.00. The first-order valence-corrected chi connectivity index (χ1v) is 15.0. The zero-order valence-corrected chi connectivity index (χ0v) is 24.7. The van der Waals surface area contributed by atoms with Crippen LogP contribution < -0.4 is 0 Å². The Labute approximate surface area is 235 Å². The molecule has 2 bridgehead atoms. The van der Waals surface area contributed by atoms with Gasteiger partial charge in [-0.05, 0) is 44.4 Å². The van der Waals surface area contributed by atoms with Crippen molar-refractivity contribution >= 4 is 33.7 Å². The minimum atomic E-state index is -1.16. The topological polar surface area (TPSA) is 96.4 Å². The molecule has 3 saturated heterocycles. The number of halogens is 1. The third kappa shape index (κ3) is 5.89. The summed E-state index contributed by atoms with van der Waals surface area (Å²) in [6.07, 6.45) is 8.08. The van der Waals surface area contributed by atoms with Gasteiger partial charge in [0.1, 0.15) is 11.6 Å². The smallest absolute Gasteiger partial charge is 0.312 e. The lowest BCUT2D eigenvalue weighted by Gasteiger charge is -2.39. The Morgan fingerprint density at radius 3 is 2.63 bits per heavy atom. The van der Waals surface area contributed by atoms with E-state index in [2.05, 4.69) is 36.0 Å². The second-order valence-electron chi connectivity index (χ2n) is 11.3. The maximum atomic E-state index is 14.3. The van der Waals surface area contributed by atoms with Gasteiger partial charge >= 0.3 is 5.97 Å². The highest BCUT2D eigenvalue weighted by Crippen LogP contribution is 2.60. The highest BCUT2D eigenvalue weighted by Gasteiger charge is 2.77. The molecule has 1 spiro atoms. The van der Waals surface area contributed by atoms with E-state index in [1.165, 1.54) is 0 Å². The second kappa shape index (κ2) is 13.6. The Kier molecular flexibility index (Phi) is 11.0. The number of unbranched alkanes of at least 4 members (excludes halogenated alkanes) is 3. The van der Waals surface area contributed by atoms with Crippen molar-refractivity contribution in [3.05, 3.63) is 25.3 Å². The Hall–Kier alpha value is -1.71. The van der Waals surface area contributed by atoms with Gasteiger partial charge in [0, 0.05) is 17.9 Å². The summed E-state index contributed by atoms with van der Waals surface area (Å²) in [7, 11) is 0. The van der Waals surface area contributed by atoms with Crippen LogP contribution in [0.3, 0.4) is 0 Å². The van der Waals surface area contributed by atoms with Crippen molar-refractivity contribution in [2.75, 3.05) is 26.3 Å². The molecular formula is C29H45BrN2O6. The van der Waals surface area contributed by atoms with Crippen LogP contribution in [-0.4, -0.2) is 87.6 Å². The predicted octanol–water partition coefficient (Wildman–Crippen LogP) is 3.86. The van der Waals surface area contributed by atoms with Crippen molar-refractivity contribution in [2.24, 2.45) is 17.8 Å². The first kappa shape index (κ1) is 30.8. The quantitative estimate of drug-likeness (QED) is 0.126. The molecule has 0 saturated carbocycles. The Bertz CT molecular complexity index is 881. The van der Waals surface area contributed by atoms with Crippen LogP contribution in [0.4, 0.5) is 0 Å². The van der Waals surface area contributed by atoms with Gasteiger partial charge in [-0.25, -0.2) is 0 Å². The van der Waals surface area contributed by atoms with Crippen LogP contribution in [0, 0.1) is 17.8 Å². The monoisotopic (exact) mass is 596 g/mol. The van der Waals surface area contributed by atoms with Crippen molar-refractivity contribution in [2.45, 2.75) is 94.3 Å². The third-order valence-electron chi connectivity index (χ3n) is 8.07. The Morgan fingerprint density at radius 2 is 2.03 bits per heavy atom. The van der Waals surface area contributed by atoms with Crippen molar-refractivity contribution in [3.63, 3.8) is 0 Å². The average molecular weight is 598 g/mol. The van der Waals surface area contributed by atoms with Crippen LogP contribution in [0.25, 0.3) is 0 Å². The van der Waals surface area contributed by atoms with Crippen LogP contribution >= 0.6 is 15.9 Å². The number of amides is 2. The fraction of sp³-hybridized carbons (Fsp3) is 0.759. The summed E-state index contributed by atoms with van der Waals surface area (Å²) in [6, 6.07) is -1.48. The highest BCUT2D eigenvalue weighted by atomic mass is 79.9. The summed E-state index contributed by atoms with van der Waals surface area (Å²) >= 11 is 3.69. The average Bonchev–Trinajstić information content (AvgIpc) is 3.47. The molecule has 0 aromatic rings. The number of rotatable bonds is 16. The van der Waals surface area contributed by atoms with E-state index in [4.69, 9.17) is 9.47 Å². The maximum absolute atomic E-state index is 14.3. The lowest BCUT2D eigenvalue weighted by molar-refractivity contribution is -0.156. The molecule has 3 aliphatic heterocycles. The van der Waals surface area contributed by atoms with Crippen LogP contribution in [0.1, 0.15) is 65.7 Å². The number of esters is 1. The van der Waals surface area contributed by atoms with Gasteiger partial charge in [-0.3, -0.25) is 14.4 Å². The second-order valence-corrected chi connectivity index (χ2v) is 12.4. The number of carbonyl (C=O) groups excluding carboxylic acids is 3. The van der Waals surface area contributed by atoms with E-state index in [1.54, 1.807) is 15.9 Å². The lowest BCUT2D eigenvalue weighted by atomic mass is 9.70. The number of fused-ring (bicyclic) bond motifs is 1. The summed E-state index contributed by atoms with van der Waals surface area (Å²) in [4.78, 5) is 45.0. The summed E-state index contributed by atoms with van der Waals surface area (Å²) in [6.45, 7) is 14.5. The van der Waals surface area contributed by atoms with Crippen molar-refractivity contribution < 1.29 is 29.0 Å². The van der Waals surface area contributed by atoms with Gasteiger partial charge in [-0.15, -0.1) is 13.2 Å². The summed E-state index contributed by atoms with van der Waals surface area (Å²) in [5.74, 6) is -2.40. The van der Waals surface area contributed by atoms with Crippen LogP contribution in [-0.2, 0) is 23.9 Å². The number of aliphatic hydroxyl groups is 1. The number of alkyl halides is 1. The van der Waals surface area contributed by atoms with Gasteiger partial charge < -0.3 is 24.4 Å². The number of allylic oxidation sites excluding steroid dienone is 1. The van der Waals surface area contributed by atoms with E-state index in [0.29, 0.717) is 32.4 Å². The van der Waals surface area contributed by atoms with Crippen LogP contribution in [0.15, 0.2) is 25.3 Å². The summed E-state index contributed by atoms with van der Waals surface area (Å²) < 4.78 is 12.2. The minimum absolute atomic E-state index is 0.190. The molecule has 0 aromatic heterocycles. The number of aliphatic hydroxyl groups excluding tert-OH is 1. The summed E-state index contributed by atoms with van der Waals surface area (Å²) in [5, 5.41) is 10.4. The van der Waals surface area contributed by atoms with E-state index in [1.807, 2.05) is 19.9 Å². The van der Waals surface area contributed by atoms with Gasteiger partial charge in [0.2, 0.25) is 11.8 Å². The molecule has 3 rings (SSSR count). The van der Waals surface area contributed by atoms with Crippen LogP contribution in [0.5, 0.6) is 0 Å². The molecule has 3 heterocycles. The summed E-state index contributed by atoms with van der Waals surface area (Å²) in [5.41, 5.74) is -1.16. The molecule has 2 amide bonds. The molecule has 3 aliphatic rings. The number of likely N-dealkylation sites (tertiary alicyclic amines) is 1. The molecule has 214 valence electrons. The molecule has 0 aliphatic carbocycles. The number of ether oxygens (including phenoxy) is 2. The largest absolute Gasteiger partial charge is 0.465 e. The first-order chi connectivity index (χ1) is 18.2. The number of nitrogens with zero attached hydrogens (tertiary/aromatic N) is 2.